The number of oxazole rings is 1. The van der Waals surface area contributed by atoms with Crippen LogP contribution in [0.5, 0.6) is 0 Å². The molecule has 18 heavy (non-hydrogen) atoms. The third-order valence-corrected chi connectivity index (χ3v) is 2.38. The Balaban J connectivity index is 2.26. The molecule has 1 rings (SSSR count). The second kappa shape index (κ2) is 6.78. The highest BCUT2D eigenvalue weighted by atomic mass is 19.4. The Labute approximate surface area is 105 Å². The maximum Gasteiger partial charge on any atom is 0.389 e. The summed E-state index contributed by atoms with van der Waals surface area (Å²) in [6.45, 7) is 4.96. The Hall–Kier alpha value is -1.04. The SMILES string of the molecule is CC(C)NCCCc1ncc(CCC(F)(F)F)o1. The van der Waals surface area contributed by atoms with Crippen molar-refractivity contribution in [2.75, 3.05) is 6.54 Å². The molecule has 0 unspecified atom stereocenters. The molecule has 0 saturated heterocycles. The first-order valence-corrected chi connectivity index (χ1v) is 6.10. The molecular formula is C12H19F3N2O. The first kappa shape index (κ1) is 15.0. The predicted octanol–water partition coefficient (Wildman–Crippen LogP) is 3.10. The summed E-state index contributed by atoms with van der Waals surface area (Å²) in [5.41, 5.74) is 0. The predicted molar refractivity (Wildman–Crippen MR) is 62.3 cm³/mol. The van der Waals surface area contributed by atoms with E-state index in [2.05, 4.69) is 24.1 Å². The van der Waals surface area contributed by atoms with Crippen molar-refractivity contribution < 1.29 is 17.6 Å². The molecule has 0 bridgehead atoms. The molecule has 1 aromatic heterocycles. The van der Waals surface area contributed by atoms with Crippen molar-refractivity contribution in [3.05, 3.63) is 17.8 Å². The number of halogens is 3. The van der Waals surface area contributed by atoms with Crippen molar-refractivity contribution in [2.45, 2.75) is 51.7 Å². The number of aromatic nitrogens is 1. The van der Waals surface area contributed by atoms with E-state index in [-0.39, 0.29) is 6.42 Å². The standard InChI is InChI=1S/C12H19F3N2O/c1-9(2)16-7-3-4-11-17-8-10(18-11)5-6-12(13,14)15/h8-9,16H,3-7H2,1-2H3. The number of nitrogens with zero attached hydrogens (tertiary/aromatic N) is 1. The van der Waals surface area contributed by atoms with E-state index >= 15 is 0 Å². The van der Waals surface area contributed by atoms with Crippen LogP contribution in [0.4, 0.5) is 13.2 Å². The number of hydrogen-bond acceptors (Lipinski definition) is 3. The molecule has 0 fully saturated rings. The van der Waals surface area contributed by atoms with Gasteiger partial charge >= 0.3 is 6.18 Å². The molecule has 0 aliphatic heterocycles. The molecule has 0 aliphatic rings. The quantitative estimate of drug-likeness (QED) is 0.769. The van der Waals surface area contributed by atoms with Gasteiger partial charge in [0.15, 0.2) is 5.89 Å². The Morgan fingerprint density at radius 2 is 2.06 bits per heavy atom. The number of nitrogens with one attached hydrogen (secondary N) is 1. The Bertz CT molecular complexity index is 347. The zero-order chi connectivity index (χ0) is 13.6. The molecule has 6 heteroatoms. The molecule has 0 aromatic carbocycles. The van der Waals surface area contributed by atoms with Gasteiger partial charge in [-0.15, -0.1) is 0 Å². The molecule has 1 N–H and O–H groups in total. The molecular weight excluding hydrogens is 245 g/mol. The van der Waals surface area contributed by atoms with Crippen molar-refractivity contribution in [1.82, 2.24) is 10.3 Å². The Kier molecular flexibility index (Phi) is 5.65. The third kappa shape index (κ3) is 6.64. The van der Waals surface area contributed by atoms with Crippen LogP contribution in [-0.2, 0) is 12.8 Å². The fourth-order valence-corrected chi connectivity index (χ4v) is 1.47. The number of aryl methyl sites for hydroxylation is 2. The van der Waals surface area contributed by atoms with Crippen molar-refractivity contribution in [2.24, 2.45) is 0 Å². The fraction of sp³-hybridized carbons (Fsp3) is 0.750. The van der Waals surface area contributed by atoms with Crippen LogP contribution in [0, 0.1) is 0 Å². The second-order valence-electron chi connectivity index (χ2n) is 4.55. The molecule has 1 aromatic rings. The van der Waals surface area contributed by atoms with Gasteiger partial charge in [0.2, 0.25) is 0 Å². The van der Waals surface area contributed by atoms with Gasteiger partial charge in [0, 0.05) is 18.9 Å². The van der Waals surface area contributed by atoms with Gasteiger partial charge in [0.05, 0.1) is 12.6 Å². The summed E-state index contributed by atoms with van der Waals surface area (Å²) in [6.07, 6.45) is -2.26. The van der Waals surface area contributed by atoms with E-state index in [1.54, 1.807) is 0 Å². The average molecular weight is 264 g/mol. The maximum atomic E-state index is 12.0. The van der Waals surface area contributed by atoms with Crippen molar-refractivity contribution >= 4 is 0 Å². The molecule has 3 nitrogen and oxygen atoms in total. The fourth-order valence-electron chi connectivity index (χ4n) is 1.47. The van der Waals surface area contributed by atoms with Gasteiger partial charge in [-0.1, -0.05) is 13.8 Å². The third-order valence-electron chi connectivity index (χ3n) is 2.38. The molecule has 0 aliphatic carbocycles. The summed E-state index contributed by atoms with van der Waals surface area (Å²) in [5, 5.41) is 3.25. The van der Waals surface area contributed by atoms with Gasteiger partial charge in [-0.25, -0.2) is 4.98 Å². The number of alkyl halides is 3. The van der Waals surface area contributed by atoms with Crippen LogP contribution >= 0.6 is 0 Å². The lowest BCUT2D eigenvalue weighted by atomic mass is 10.2. The van der Waals surface area contributed by atoms with Gasteiger partial charge in [0.25, 0.3) is 0 Å². The lowest BCUT2D eigenvalue weighted by molar-refractivity contribution is -0.134. The summed E-state index contributed by atoms with van der Waals surface area (Å²) < 4.78 is 41.3. The summed E-state index contributed by atoms with van der Waals surface area (Å²) in [7, 11) is 0. The number of hydrogen-bond donors (Lipinski definition) is 1. The Morgan fingerprint density at radius 1 is 1.33 bits per heavy atom. The van der Waals surface area contributed by atoms with Gasteiger partial charge in [-0.2, -0.15) is 13.2 Å². The van der Waals surface area contributed by atoms with Crippen LogP contribution < -0.4 is 5.32 Å². The first-order valence-electron chi connectivity index (χ1n) is 6.10. The van der Waals surface area contributed by atoms with E-state index in [0.717, 1.165) is 13.0 Å². The number of rotatable bonds is 7. The molecule has 1 heterocycles. The summed E-state index contributed by atoms with van der Waals surface area (Å²) in [4.78, 5) is 3.97. The van der Waals surface area contributed by atoms with Gasteiger partial charge < -0.3 is 9.73 Å². The molecule has 0 radical (unpaired) electrons. The second-order valence-corrected chi connectivity index (χ2v) is 4.55. The van der Waals surface area contributed by atoms with Crippen molar-refractivity contribution in [3.63, 3.8) is 0 Å². The van der Waals surface area contributed by atoms with Crippen LogP contribution in [0.3, 0.4) is 0 Å². The topological polar surface area (TPSA) is 38.1 Å². The Morgan fingerprint density at radius 3 is 2.67 bits per heavy atom. The summed E-state index contributed by atoms with van der Waals surface area (Å²) >= 11 is 0. The van der Waals surface area contributed by atoms with Crippen LogP contribution in [0.1, 0.15) is 38.3 Å². The normalized spacial score (nSPS) is 12.3. The zero-order valence-corrected chi connectivity index (χ0v) is 10.7. The minimum absolute atomic E-state index is 0.138. The van der Waals surface area contributed by atoms with E-state index in [4.69, 9.17) is 4.42 Å². The van der Waals surface area contributed by atoms with E-state index < -0.39 is 12.6 Å². The lowest BCUT2D eigenvalue weighted by Crippen LogP contribution is -2.23. The minimum Gasteiger partial charge on any atom is -0.446 e. The molecule has 0 amide bonds. The highest BCUT2D eigenvalue weighted by Gasteiger charge is 2.27. The monoisotopic (exact) mass is 264 g/mol. The molecule has 0 saturated carbocycles. The highest BCUT2D eigenvalue weighted by molar-refractivity contribution is 4.95. The molecule has 0 spiro atoms. The van der Waals surface area contributed by atoms with Gasteiger partial charge in [-0.3, -0.25) is 0 Å². The van der Waals surface area contributed by atoms with E-state index in [1.807, 2.05) is 0 Å². The minimum atomic E-state index is -4.14. The summed E-state index contributed by atoms with van der Waals surface area (Å²) in [6, 6.07) is 0.428. The van der Waals surface area contributed by atoms with E-state index in [1.165, 1.54) is 6.20 Å². The average Bonchev–Trinajstić information content (AvgIpc) is 2.68. The van der Waals surface area contributed by atoms with Crippen LogP contribution in [-0.4, -0.2) is 23.7 Å². The van der Waals surface area contributed by atoms with Gasteiger partial charge in [0.1, 0.15) is 5.76 Å². The summed E-state index contributed by atoms with van der Waals surface area (Å²) in [5.74, 6) is 0.817. The van der Waals surface area contributed by atoms with Crippen LogP contribution in [0.2, 0.25) is 0 Å². The van der Waals surface area contributed by atoms with E-state index in [0.29, 0.717) is 24.1 Å². The highest BCUT2D eigenvalue weighted by Crippen LogP contribution is 2.22. The van der Waals surface area contributed by atoms with Crippen LogP contribution in [0.25, 0.3) is 0 Å². The van der Waals surface area contributed by atoms with E-state index in [9.17, 15) is 13.2 Å². The first-order chi connectivity index (χ1) is 8.37. The molecule has 0 atom stereocenters. The lowest BCUT2D eigenvalue weighted by Gasteiger charge is -2.06. The van der Waals surface area contributed by atoms with Crippen LogP contribution in [0.15, 0.2) is 10.6 Å². The largest absolute Gasteiger partial charge is 0.446 e. The smallest absolute Gasteiger partial charge is 0.389 e. The molecule has 104 valence electrons. The van der Waals surface area contributed by atoms with Crippen molar-refractivity contribution in [1.29, 1.82) is 0 Å². The zero-order valence-electron chi connectivity index (χ0n) is 10.7. The van der Waals surface area contributed by atoms with Gasteiger partial charge in [-0.05, 0) is 13.0 Å². The maximum absolute atomic E-state index is 12.0. The van der Waals surface area contributed by atoms with Crippen molar-refractivity contribution in [3.8, 4) is 0 Å².